The highest BCUT2D eigenvalue weighted by Gasteiger charge is 2.45. The van der Waals surface area contributed by atoms with Crippen LogP contribution >= 0.6 is 0 Å². The lowest BCUT2D eigenvalue weighted by atomic mass is 9.88. The molecular weight excluding hydrogens is 352 g/mol. The third-order valence-electron chi connectivity index (χ3n) is 4.65. The third kappa shape index (κ3) is 2.59. The molecule has 7 nitrogen and oxygen atoms in total. The highest BCUT2D eigenvalue weighted by atomic mass is 16.6. The van der Waals surface area contributed by atoms with E-state index in [1.165, 1.54) is 20.3 Å². The van der Waals surface area contributed by atoms with Crippen molar-refractivity contribution in [2.75, 3.05) is 14.2 Å². The minimum absolute atomic E-state index is 0.114. The van der Waals surface area contributed by atoms with Gasteiger partial charge in [0.05, 0.1) is 31.1 Å². The molecule has 1 N–H and O–H groups in total. The van der Waals surface area contributed by atoms with Crippen LogP contribution in [0.1, 0.15) is 17.0 Å². The average Bonchev–Trinajstić information content (AvgIpc) is 3.09. The van der Waals surface area contributed by atoms with Crippen LogP contribution in [-0.4, -0.2) is 31.4 Å². The number of methoxy groups -OCH3 is 2. The average molecular weight is 368 g/mol. The first-order valence-corrected chi connectivity index (χ1v) is 8.22. The summed E-state index contributed by atoms with van der Waals surface area (Å²) in [7, 11) is 2.68. The number of hydrogen-bond donors (Lipinski definition) is 1. The van der Waals surface area contributed by atoms with Crippen LogP contribution < -0.4 is 15.1 Å². The van der Waals surface area contributed by atoms with Crippen molar-refractivity contribution in [2.24, 2.45) is 0 Å². The standard InChI is InChI=1S/C20H16O7/c1-24-14-8-7-10(9-12(14)21)15-16-17(27-18(15)20(23)25-2)11-5-3-4-6-13(11)26-19(16)22/h3-9,15,18,21H,1-2H3. The molecule has 0 amide bonds. The second-order valence-corrected chi connectivity index (χ2v) is 6.10. The van der Waals surface area contributed by atoms with Gasteiger partial charge in [-0.2, -0.15) is 0 Å². The summed E-state index contributed by atoms with van der Waals surface area (Å²) in [5.41, 5.74) is 0.484. The Hall–Kier alpha value is -3.48. The Bertz CT molecular complexity index is 1100. The highest BCUT2D eigenvalue weighted by molar-refractivity contribution is 5.88. The summed E-state index contributed by atoms with van der Waals surface area (Å²) in [6.45, 7) is 0. The van der Waals surface area contributed by atoms with Gasteiger partial charge in [0.1, 0.15) is 11.3 Å². The van der Waals surface area contributed by atoms with Gasteiger partial charge in [-0.3, -0.25) is 0 Å². The number of para-hydroxylation sites is 1. The molecule has 1 aromatic heterocycles. The van der Waals surface area contributed by atoms with E-state index in [0.717, 1.165) is 0 Å². The minimum Gasteiger partial charge on any atom is -0.504 e. The van der Waals surface area contributed by atoms with Gasteiger partial charge in [-0.15, -0.1) is 0 Å². The van der Waals surface area contributed by atoms with Crippen LogP contribution in [0.5, 0.6) is 17.2 Å². The molecule has 0 saturated heterocycles. The maximum atomic E-state index is 12.7. The van der Waals surface area contributed by atoms with Crippen LogP contribution in [0.25, 0.3) is 11.0 Å². The van der Waals surface area contributed by atoms with Crippen LogP contribution in [0.15, 0.2) is 51.7 Å². The van der Waals surface area contributed by atoms with Crippen molar-refractivity contribution in [3.63, 3.8) is 0 Å². The Labute approximate surface area is 153 Å². The molecule has 138 valence electrons. The Kier molecular flexibility index (Phi) is 3.99. The molecule has 3 aromatic rings. The van der Waals surface area contributed by atoms with Crippen molar-refractivity contribution < 1.29 is 28.5 Å². The molecule has 1 aliphatic heterocycles. The van der Waals surface area contributed by atoms with Crippen molar-refractivity contribution in [2.45, 2.75) is 12.0 Å². The van der Waals surface area contributed by atoms with Gasteiger partial charge in [-0.25, -0.2) is 9.59 Å². The van der Waals surface area contributed by atoms with Crippen molar-refractivity contribution in [3.8, 4) is 17.2 Å². The molecule has 0 fully saturated rings. The fourth-order valence-electron chi connectivity index (χ4n) is 3.42. The lowest BCUT2D eigenvalue weighted by Crippen LogP contribution is -2.31. The van der Waals surface area contributed by atoms with E-state index in [1.807, 2.05) is 0 Å². The van der Waals surface area contributed by atoms with E-state index >= 15 is 0 Å². The number of hydrogen-bond acceptors (Lipinski definition) is 7. The Morgan fingerprint density at radius 1 is 1.15 bits per heavy atom. The summed E-state index contributed by atoms with van der Waals surface area (Å²) in [6.07, 6.45) is -1.08. The van der Waals surface area contributed by atoms with Crippen molar-refractivity contribution >= 4 is 16.9 Å². The van der Waals surface area contributed by atoms with Gasteiger partial charge < -0.3 is 23.7 Å². The first kappa shape index (κ1) is 17.0. The summed E-state index contributed by atoms with van der Waals surface area (Å²) in [5.74, 6) is -0.965. The van der Waals surface area contributed by atoms with E-state index in [1.54, 1.807) is 36.4 Å². The molecular formula is C20H16O7. The molecule has 0 saturated carbocycles. The first-order chi connectivity index (χ1) is 13.0. The largest absolute Gasteiger partial charge is 0.504 e. The molecule has 1 aliphatic rings. The zero-order valence-corrected chi connectivity index (χ0v) is 14.6. The van der Waals surface area contributed by atoms with E-state index in [0.29, 0.717) is 16.5 Å². The van der Waals surface area contributed by atoms with Crippen LogP contribution in [0.2, 0.25) is 0 Å². The molecule has 4 rings (SSSR count). The van der Waals surface area contributed by atoms with Gasteiger partial charge in [0, 0.05) is 0 Å². The number of benzene rings is 2. The Morgan fingerprint density at radius 3 is 2.63 bits per heavy atom. The zero-order chi connectivity index (χ0) is 19.1. The molecule has 7 heteroatoms. The lowest BCUT2D eigenvalue weighted by molar-refractivity contribution is -0.148. The van der Waals surface area contributed by atoms with Gasteiger partial charge in [0.25, 0.3) is 0 Å². The number of fused-ring (bicyclic) bond motifs is 3. The number of carbonyl (C=O) groups is 1. The van der Waals surface area contributed by atoms with E-state index in [9.17, 15) is 14.7 Å². The number of phenolic OH excluding ortho intramolecular Hbond substituents is 1. The quantitative estimate of drug-likeness (QED) is 0.561. The number of rotatable bonds is 3. The maximum absolute atomic E-state index is 12.7. The maximum Gasteiger partial charge on any atom is 0.348 e. The number of phenols is 1. The molecule has 2 atom stereocenters. The summed E-state index contributed by atoms with van der Waals surface area (Å²) in [5, 5.41) is 10.7. The van der Waals surface area contributed by atoms with Crippen molar-refractivity contribution in [1.29, 1.82) is 0 Å². The molecule has 2 heterocycles. The molecule has 2 unspecified atom stereocenters. The van der Waals surface area contributed by atoms with Gasteiger partial charge in [0.2, 0.25) is 6.10 Å². The fourth-order valence-corrected chi connectivity index (χ4v) is 3.42. The van der Waals surface area contributed by atoms with Crippen molar-refractivity contribution in [3.05, 3.63) is 64.0 Å². The monoisotopic (exact) mass is 368 g/mol. The topological polar surface area (TPSA) is 95.2 Å². The SMILES string of the molecule is COC(=O)C1Oc2c(c(=O)oc3ccccc23)C1c1ccc(OC)c(O)c1. The predicted molar refractivity (Wildman–Crippen MR) is 95.4 cm³/mol. The summed E-state index contributed by atoms with van der Waals surface area (Å²) >= 11 is 0. The predicted octanol–water partition coefficient (Wildman–Crippen LogP) is 2.57. The lowest BCUT2D eigenvalue weighted by Gasteiger charge is -2.17. The smallest absolute Gasteiger partial charge is 0.348 e. The van der Waals surface area contributed by atoms with E-state index < -0.39 is 23.6 Å². The molecule has 0 spiro atoms. The normalized spacial score (nSPS) is 18.0. The second-order valence-electron chi connectivity index (χ2n) is 6.10. The van der Waals surface area contributed by atoms with E-state index in [4.69, 9.17) is 18.6 Å². The van der Waals surface area contributed by atoms with Gasteiger partial charge >= 0.3 is 11.6 Å². The summed E-state index contributed by atoms with van der Waals surface area (Å²) < 4.78 is 21.2. The number of esters is 1. The van der Waals surface area contributed by atoms with Gasteiger partial charge in [-0.05, 0) is 29.8 Å². The Morgan fingerprint density at radius 2 is 1.93 bits per heavy atom. The molecule has 0 bridgehead atoms. The van der Waals surface area contributed by atoms with Gasteiger partial charge in [-0.1, -0.05) is 18.2 Å². The molecule has 2 aromatic carbocycles. The first-order valence-electron chi connectivity index (χ1n) is 8.22. The second kappa shape index (κ2) is 6.35. The number of carbonyl (C=O) groups excluding carboxylic acids is 1. The zero-order valence-electron chi connectivity index (χ0n) is 14.6. The van der Waals surface area contributed by atoms with Crippen LogP contribution in [-0.2, 0) is 9.53 Å². The van der Waals surface area contributed by atoms with Crippen LogP contribution in [0, 0.1) is 0 Å². The molecule has 0 radical (unpaired) electrons. The number of aromatic hydroxyl groups is 1. The fraction of sp³-hybridized carbons (Fsp3) is 0.200. The molecule has 0 aliphatic carbocycles. The number of ether oxygens (including phenoxy) is 3. The summed E-state index contributed by atoms with van der Waals surface area (Å²) in [6, 6.07) is 11.6. The van der Waals surface area contributed by atoms with Crippen LogP contribution in [0.3, 0.4) is 0 Å². The van der Waals surface area contributed by atoms with Gasteiger partial charge in [0.15, 0.2) is 11.5 Å². The van der Waals surface area contributed by atoms with E-state index in [-0.39, 0.29) is 22.8 Å². The van der Waals surface area contributed by atoms with Crippen LogP contribution in [0.4, 0.5) is 0 Å². The summed E-state index contributed by atoms with van der Waals surface area (Å²) in [4.78, 5) is 25.0. The Balaban J connectivity index is 1.97. The third-order valence-corrected chi connectivity index (χ3v) is 4.65. The van der Waals surface area contributed by atoms with E-state index in [2.05, 4.69) is 0 Å². The molecule has 27 heavy (non-hydrogen) atoms. The highest BCUT2D eigenvalue weighted by Crippen LogP contribution is 2.45. The van der Waals surface area contributed by atoms with Crippen molar-refractivity contribution in [1.82, 2.24) is 0 Å². The minimum atomic E-state index is -1.08.